The number of nitrogens with zero attached hydrogens (tertiary/aromatic N) is 6. The molecule has 0 saturated carbocycles. The average Bonchev–Trinajstić information content (AvgIpc) is 3.17. The molecule has 29 heavy (non-hydrogen) atoms. The van der Waals surface area contributed by atoms with E-state index < -0.39 is 0 Å². The Morgan fingerprint density at radius 2 is 1.76 bits per heavy atom. The Morgan fingerprint density at radius 1 is 0.862 bits per heavy atom. The molecule has 0 unspecified atom stereocenters. The van der Waals surface area contributed by atoms with Crippen LogP contribution in [0.25, 0.3) is 27.8 Å². The third-order valence-electron chi connectivity index (χ3n) is 4.85. The van der Waals surface area contributed by atoms with Gasteiger partial charge in [-0.1, -0.05) is 26.0 Å². The summed E-state index contributed by atoms with van der Waals surface area (Å²) in [6.45, 7) is 4.25. The summed E-state index contributed by atoms with van der Waals surface area (Å²) in [4.78, 5) is 13.7. The Morgan fingerprint density at radius 3 is 2.66 bits per heavy atom. The van der Waals surface area contributed by atoms with E-state index in [2.05, 4.69) is 39.3 Å². The quantitative estimate of drug-likeness (QED) is 0.489. The van der Waals surface area contributed by atoms with Crippen LogP contribution in [0.1, 0.15) is 25.3 Å². The van der Waals surface area contributed by atoms with Gasteiger partial charge in [-0.15, -0.1) is 5.10 Å². The molecule has 4 aromatic heterocycles. The molecule has 0 aliphatic rings. The van der Waals surface area contributed by atoms with Crippen molar-refractivity contribution in [1.29, 1.82) is 0 Å². The van der Waals surface area contributed by atoms with Crippen LogP contribution >= 0.6 is 0 Å². The molecule has 0 fully saturated rings. The zero-order valence-corrected chi connectivity index (χ0v) is 16.1. The first-order valence-corrected chi connectivity index (χ1v) is 9.46. The van der Waals surface area contributed by atoms with Gasteiger partial charge in [-0.2, -0.15) is 5.10 Å². The van der Waals surface area contributed by atoms with Gasteiger partial charge in [0, 0.05) is 0 Å². The van der Waals surface area contributed by atoms with Crippen molar-refractivity contribution in [2.24, 2.45) is 0 Å². The fourth-order valence-electron chi connectivity index (χ4n) is 3.25. The van der Waals surface area contributed by atoms with Crippen LogP contribution in [0.5, 0.6) is 0 Å². The van der Waals surface area contributed by atoms with Crippen LogP contribution in [0.2, 0.25) is 0 Å². The second-order valence-electron chi connectivity index (χ2n) is 7.19. The van der Waals surface area contributed by atoms with Crippen molar-refractivity contribution in [2.45, 2.75) is 19.8 Å². The molecule has 0 aliphatic carbocycles. The zero-order valence-electron chi connectivity index (χ0n) is 16.1. The lowest BCUT2D eigenvalue weighted by molar-refractivity contribution is 0.843. The molecule has 0 spiro atoms. The molecule has 5 aromatic rings. The van der Waals surface area contributed by atoms with Gasteiger partial charge in [-0.05, 0) is 47.9 Å². The molecule has 4 heterocycles. The smallest absolute Gasteiger partial charge is 0.154 e. The average molecular weight is 381 g/mol. The molecule has 1 N–H and O–H groups in total. The molecular formula is C22H19N7. The van der Waals surface area contributed by atoms with E-state index in [0.717, 1.165) is 33.3 Å². The van der Waals surface area contributed by atoms with Gasteiger partial charge in [0.1, 0.15) is 12.1 Å². The molecule has 1 aromatic carbocycles. The minimum atomic E-state index is 0.382. The number of fused-ring (bicyclic) bond motifs is 2. The van der Waals surface area contributed by atoms with Crippen LogP contribution in [-0.4, -0.2) is 29.7 Å². The van der Waals surface area contributed by atoms with Crippen LogP contribution in [-0.2, 0) is 0 Å². The topological polar surface area (TPSA) is 81.4 Å². The Balaban J connectivity index is 1.52. The molecule has 7 heteroatoms. The van der Waals surface area contributed by atoms with Crippen LogP contribution in [0.3, 0.4) is 0 Å². The van der Waals surface area contributed by atoms with Gasteiger partial charge >= 0.3 is 0 Å². The first kappa shape index (κ1) is 17.2. The summed E-state index contributed by atoms with van der Waals surface area (Å²) >= 11 is 0. The molecule has 0 amide bonds. The van der Waals surface area contributed by atoms with Crippen molar-refractivity contribution in [1.82, 2.24) is 29.7 Å². The second-order valence-corrected chi connectivity index (χ2v) is 7.19. The summed E-state index contributed by atoms with van der Waals surface area (Å²) in [6, 6.07) is 15.9. The Labute approximate surface area is 167 Å². The van der Waals surface area contributed by atoms with E-state index in [0.29, 0.717) is 17.6 Å². The van der Waals surface area contributed by atoms with Gasteiger partial charge in [0.25, 0.3) is 0 Å². The van der Waals surface area contributed by atoms with Gasteiger partial charge < -0.3 is 5.32 Å². The van der Waals surface area contributed by atoms with E-state index in [1.54, 1.807) is 6.20 Å². The van der Waals surface area contributed by atoms with Gasteiger partial charge in [0.05, 0.1) is 40.1 Å². The third kappa shape index (κ3) is 3.27. The normalized spacial score (nSPS) is 11.4. The van der Waals surface area contributed by atoms with E-state index >= 15 is 0 Å². The number of nitrogens with one attached hydrogen (secondary N) is 1. The summed E-state index contributed by atoms with van der Waals surface area (Å²) in [7, 11) is 0. The molecule has 0 atom stereocenters. The number of para-hydroxylation sites is 2. The minimum Gasteiger partial charge on any atom is -0.323 e. The van der Waals surface area contributed by atoms with Gasteiger partial charge in [0.15, 0.2) is 5.82 Å². The summed E-state index contributed by atoms with van der Waals surface area (Å²) in [5, 5.41) is 11.5. The standard InChI is InChI=1S/C22H19N7/c1-14(2)15-9-22(28-25-11-15)27-21-8-7-17-19(26-21)10-16(12-23-17)29-13-24-18-5-3-4-6-20(18)29/h3-14H,1-2H3,(H,26,27,28). The van der Waals surface area contributed by atoms with E-state index in [9.17, 15) is 0 Å². The van der Waals surface area contributed by atoms with Crippen LogP contribution in [0.15, 0.2) is 67.3 Å². The number of aromatic nitrogens is 6. The fraction of sp³-hybridized carbons (Fsp3) is 0.136. The lowest BCUT2D eigenvalue weighted by atomic mass is 10.1. The zero-order chi connectivity index (χ0) is 19.8. The molecular weight excluding hydrogens is 362 g/mol. The highest BCUT2D eigenvalue weighted by Crippen LogP contribution is 2.23. The highest BCUT2D eigenvalue weighted by atomic mass is 15.2. The van der Waals surface area contributed by atoms with Crippen LogP contribution in [0.4, 0.5) is 11.6 Å². The third-order valence-corrected chi connectivity index (χ3v) is 4.85. The minimum absolute atomic E-state index is 0.382. The molecule has 142 valence electrons. The molecule has 7 nitrogen and oxygen atoms in total. The Bertz CT molecular complexity index is 1320. The fourth-order valence-corrected chi connectivity index (χ4v) is 3.25. The van der Waals surface area contributed by atoms with Crippen molar-refractivity contribution in [3.05, 3.63) is 72.8 Å². The van der Waals surface area contributed by atoms with Crippen molar-refractivity contribution in [2.75, 3.05) is 5.32 Å². The SMILES string of the molecule is CC(C)c1cnnc(Nc2ccc3ncc(-n4cnc5ccccc54)cc3n2)c1. The van der Waals surface area contributed by atoms with E-state index in [-0.39, 0.29) is 0 Å². The van der Waals surface area contributed by atoms with E-state index in [1.807, 2.05) is 65.6 Å². The molecule has 0 radical (unpaired) electrons. The van der Waals surface area contributed by atoms with Crippen molar-refractivity contribution in [3.8, 4) is 5.69 Å². The summed E-state index contributed by atoms with van der Waals surface area (Å²) in [5.74, 6) is 1.75. The maximum atomic E-state index is 4.72. The summed E-state index contributed by atoms with van der Waals surface area (Å²) in [6.07, 6.45) is 5.43. The predicted molar refractivity (Wildman–Crippen MR) is 114 cm³/mol. The first-order valence-electron chi connectivity index (χ1n) is 9.46. The molecule has 0 saturated heterocycles. The number of benzene rings is 1. The molecule has 5 rings (SSSR count). The maximum absolute atomic E-state index is 4.72. The van der Waals surface area contributed by atoms with Crippen LogP contribution in [0, 0.1) is 0 Å². The van der Waals surface area contributed by atoms with Crippen molar-refractivity contribution >= 4 is 33.7 Å². The predicted octanol–water partition coefficient (Wildman–Crippen LogP) is 4.63. The molecule has 0 aliphatic heterocycles. The largest absolute Gasteiger partial charge is 0.323 e. The highest BCUT2D eigenvalue weighted by Gasteiger charge is 2.08. The van der Waals surface area contributed by atoms with Gasteiger partial charge in [-0.25, -0.2) is 9.97 Å². The molecule has 0 bridgehead atoms. The monoisotopic (exact) mass is 381 g/mol. The van der Waals surface area contributed by atoms with Crippen molar-refractivity contribution < 1.29 is 0 Å². The number of hydrogen-bond acceptors (Lipinski definition) is 6. The maximum Gasteiger partial charge on any atom is 0.154 e. The van der Waals surface area contributed by atoms with Crippen molar-refractivity contribution in [3.63, 3.8) is 0 Å². The van der Waals surface area contributed by atoms with E-state index in [4.69, 9.17) is 4.98 Å². The summed E-state index contributed by atoms with van der Waals surface area (Å²) in [5.41, 5.74) is 5.63. The number of anilines is 2. The summed E-state index contributed by atoms with van der Waals surface area (Å²) < 4.78 is 2.02. The van der Waals surface area contributed by atoms with Gasteiger partial charge in [0.2, 0.25) is 0 Å². The lowest BCUT2D eigenvalue weighted by Gasteiger charge is -2.09. The number of imidazole rings is 1. The Hall–Kier alpha value is -3.87. The van der Waals surface area contributed by atoms with Crippen LogP contribution < -0.4 is 5.32 Å². The van der Waals surface area contributed by atoms with Gasteiger partial charge in [-0.3, -0.25) is 9.55 Å². The Kier molecular flexibility index (Phi) is 4.13. The first-order chi connectivity index (χ1) is 14.2. The lowest BCUT2D eigenvalue weighted by Crippen LogP contribution is -2.01. The highest BCUT2D eigenvalue weighted by molar-refractivity contribution is 5.81. The number of pyridine rings is 2. The second kappa shape index (κ2) is 6.94. The number of hydrogen-bond donors (Lipinski definition) is 1. The number of rotatable bonds is 4. The van der Waals surface area contributed by atoms with E-state index in [1.165, 1.54) is 0 Å².